The number of hydrogen-bond donors (Lipinski definition) is 2. The van der Waals surface area contributed by atoms with E-state index >= 15 is 0 Å². The second kappa shape index (κ2) is 6.47. The maximum Gasteiger partial charge on any atom is 0.336 e. The van der Waals surface area contributed by atoms with Gasteiger partial charge in [0.15, 0.2) is 0 Å². The Kier molecular flexibility index (Phi) is 4.44. The van der Waals surface area contributed by atoms with E-state index in [4.69, 9.17) is 5.11 Å². The van der Waals surface area contributed by atoms with Crippen molar-refractivity contribution < 1.29 is 14.7 Å². The molecule has 0 aliphatic heterocycles. The van der Waals surface area contributed by atoms with Crippen LogP contribution < -0.4 is 5.32 Å². The molecular weight excluding hydrogens is 256 g/mol. The van der Waals surface area contributed by atoms with Gasteiger partial charge < -0.3 is 10.4 Å². The molecule has 1 aromatic heterocycles. The fourth-order valence-electron chi connectivity index (χ4n) is 1.83. The van der Waals surface area contributed by atoms with Crippen LogP contribution in [0.4, 0.5) is 0 Å². The van der Waals surface area contributed by atoms with Gasteiger partial charge in [-0.2, -0.15) is 0 Å². The van der Waals surface area contributed by atoms with Gasteiger partial charge in [0.1, 0.15) is 0 Å². The number of amides is 1. The first-order chi connectivity index (χ1) is 9.68. The van der Waals surface area contributed by atoms with E-state index in [1.807, 2.05) is 12.1 Å². The highest BCUT2D eigenvalue weighted by Gasteiger charge is 2.14. The molecule has 2 N–H and O–H groups in total. The first-order valence-corrected chi connectivity index (χ1v) is 6.18. The zero-order valence-electron chi connectivity index (χ0n) is 10.7. The van der Waals surface area contributed by atoms with Crippen LogP contribution in [0.15, 0.2) is 48.8 Å². The number of pyridine rings is 1. The van der Waals surface area contributed by atoms with Crippen LogP contribution in [0.5, 0.6) is 0 Å². The van der Waals surface area contributed by atoms with Crippen LogP contribution in [-0.4, -0.2) is 28.5 Å². The number of aromatic carboxylic acids is 1. The minimum absolute atomic E-state index is 0.00825. The van der Waals surface area contributed by atoms with Gasteiger partial charge in [0.2, 0.25) is 0 Å². The molecule has 0 saturated heterocycles. The van der Waals surface area contributed by atoms with Gasteiger partial charge in [-0.05, 0) is 36.2 Å². The van der Waals surface area contributed by atoms with E-state index in [2.05, 4.69) is 10.3 Å². The molecule has 0 atom stereocenters. The molecule has 1 aromatic carbocycles. The summed E-state index contributed by atoms with van der Waals surface area (Å²) in [6, 6.07) is 9.90. The average Bonchev–Trinajstić information content (AvgIpc) is 2.48. The van der Waals surface area contributed by atoms with Gasteiger partial charge >= 0.3 is 5.97 Å². The van der Waals surface area contributed by atoms with E-state index in [1.54, 1.807) is 24.5 Å². The summed E-state index contributed by atoms with van der Waals surface area (Å²) in [6.45, 7) is 0.441. The predicted molar refractivity (Wildman–Crippen MR) is 73.7 cm³/mol. The number of carbonyl (C=O) groups excluding carboxylic acids is 1. The minimum atomic E-state index is -1.11. The van der Waals surface area contributed by atoms with Crippen molar-refractivity contribution >= 4 is 11.9 Å². The fourth-order valence-corrected chi connectivity index (χ4v) is 1.83. The molecule has 2 aromatic rings. The molecule has 20 heavy (non-hydrogen) atoms. The van der Waals surface area contributed by atoms with E-state index in [0.717, 1.165) is 5.56 Å². The zero-order valence-corrected chi connectivity index (χ0v) is 10.7. The van der Waals surface area contributed by atoms with Crippen LogP contribution in [-0.2, 0) is 6.42 Å². The Morgan fingerprint density at radius 2 is 1.70 bits per heavy atom. The first-order valence-electron chi connectivity index (χ1n) is 6.18. The van der Waals surface area contributed by atoms with Crippen molar-refractivity contribution in [1.29, 1.82) is 0 Å². The van der Waals surface area contributed by atoms with Crippen LogP contribution in [0.2, 0.25) is 0 Å². The maximum atomic E-state index is 12.0. The molecule has 1 amide bonds. The lowest BCUT2D eigenvalue weighted by Crippen LogP contribution is -2.27. The second-order valence-electron chi connectivity index (χ2n) is 4.21. The number of hydrogen-bond acceptors (Lipinski definition) is 3. The first kappa shape index (κ1) is 13.7. The fraction of sp³-hybridized carbons (Fsp3) is 0.133. The number of benzene rings is 1. The molecule has 0 bridgehead atoms. The van der Waals surface area contributed by atoms with Crippen molar-refractivity contribution in [2.45, 2.75) is 6.42 Å². The molecular formula is C15H14N2O3. The Bertz CT molecular complexity index is 612. The SMILES string of the molecule is O=C(O)c1ccccc1C(=O)NCCc1ccncc1. The molecule has 5 heteroatoms. The molecule has 102 valence electrons. The van der Waals surface area contributed by atoms with Crippen molar-refractivity contribution in [3.8, 4) is 0 Å². The monoisotopic (exact) mass is 270 g/mol. The number of aromatic nitrogens is 1. The van der Waals surface area contributed by atoms with Gasteiger partial charge in [0.05, 0.1) is 11.1 Å². The van der Waals surface area contributed by atoms with Crippen molar-refractivity contribution in [3.05, 3.63) is 65.5 Å². The Morgan fingerprint density at radius 3 is 2.35 bits per heavy atom. The molecule has 2 rings (SSSR count). The van der Waals surface area contributed by atoms with Crippen LogP contribution >= 0.6 is 0 Å². The van der Waals surface area contributed by atoms with Gasteiger partial charge in [0.25, 0.3) is 5.91 Å². The van der Waals surface area contributed by atoms with Crippen molar-refractivity contribution in [1.82, 2.24) is 10.3 Å². The Morgan fingerprint density at radius 1 is 1.05 bits per heavy atom. The number of carboxylic acids is 1. The van der Waals surface area contributed by atoms with Gasteiger partial charge in [0, 0.05) is 18.9 Å². The van der Waals surface area contributed by atoms with E-state index < -0.39 is 5.97 Å². The van der Waals surface area contributed by atoms with Crippen LogP contribution in [0, 0.1) is 0 Å². The van der Waals surface area contributed by atoms with Crippen LogP contribution in [0.25, 0.3) is 0 Å². The Labute approximate surface area is 116 Å². The molecule has 0 unspecified atom stereocenters. The summed E-state index contributed by atoms with van der Waals surface area (Å²) < 4.78 is 0. The summed E-state index contributed by atoms with van der Waals surface area (Å²) in [5, 5.41) is 11.8. The van der Waals surface area contributed by atoms with Crippen molar-refractivity contribution in [3.63, 3.8) is 0 Å². The largest absolute Gasteiger partial charge is 0.478 e. The lowest BCUT2D eigenvalue weighted by atomic mass is 10.1. The molecule has 0 fully saturated rings. The van der Waals surface area contributed by atoms with Gasteiger partial charge in [-0.25, -0.2) is 4.79 Å². The van der Waals surface area contributed by atoms with E-state index in [-0.39, 0.29) is 17.0 Å². The molecule has 5 nitrogen and oxygen atoms in total. The number of rotatable bonds is 5. The third-order valence-electron chi connectivity index (χ3n) is 2.85. The lowest BCUT2D eigenvalue weighted by molar-refractivity contribution is 0.0691. The molecule has 0 spiro atoms. The maximum absolute atomic E-state index is 12.0. The Hall–Kier alpha value is -2.69. The summed E-state index contributed by atoms with van der Waals surface area (Å²) in [5.74, 6) is -1.48. The lowest BCUT2D eigenvalue weighted by Gasteiger charge is -2.07. The summed E-state index contributed by atoms with van der Waals surface area (Å²) in [6.07, 6.45) is 4.05. The van der Waals surface area contributed by atoms with Gasteiger partial charge in [-0.15, -0.1) is 0 Å². The molecule has 0 aliphatic carbocycles. The zero-order chi connectivity index (χ0) is 14.4. The summed E-state index contributed by atoms with van der Waals surface area (Å²) in [5.41, 5.74) is 1.25. The summed E-state index contributed by atoms with van der Waals surface area (Å²) in [4.78, 5) is 26.9. The average molecular weight is 270 g/mol. The predicted octanol–water partition coefficient (Wildman–Crippen LogP) is 1.75. The number of nitrogens with one attached hydrogen (secondary N) is 1. The Balaban J connectivity index is 1.97. The third kappa shape index (κ3) is 3.41. The highest BCUT2D eigenvalue weighted by atomic mass is 16.4. The van der Waals surface area contributed by atoms with Crippen LogP contribution in [0.3, 0.4) is 0 Å². The third-order valence-corrected chi connectivity index (χ3v) is 2.85. The number of carbonyl (C=O) groups is 2. The summed E-state index contributed by atoms with van der Waals surface area (Å²) in [7, 11) is 0. The van der Waals surface area contributed by atoms with E-state index in [9.17, 15) is 9.59 Å². The highest BCUT2D eigenvalue weighted by molar-refractivity contribution is 6.04. The quantitative estimate of drug-likeness (QED) is 0.867. The van der Waals surface area contributed by atoms with Crippen LogP contribution in [0.1, 0.15) is 26.3 Å². The smallest absolute Gasteiger partial charge is 0.336 e. The number of nitrogens with zero attached hydrogens (tertiary/aromatic N) is 1. The molecule has 0 aliphatic rings. The second-order valence-corrected chi connectivity index (χ2v) is 4.21. The van der Waals surface area contributed by atoms with Crippen molar-refractivity contribution in [2.24, 2.45) is 0 Å². The topological polar surface area (TPSA) is 79.3 Å². The van der Waals surface area contributed by atoms with Gasteiger partial charge in [-0.1, -0.05) is 12.1 Å². The van der Waals surface area contributed by atoms with Gasteiger partial charge in [-0.3, -0.25) is 9.78 Å². The molecule has 0 radical (unpaired) electrons. The highest BCUT2D eigenvalue weighted by Crippen LogP contribution is 2.08. The normalized spacial score (nSPS) is 10.0. The molecule has 0 saturated carbocycles. The molecule has 1 heterocycles. The van der Waals surface area contributed by atoms with Crippen molar-refractivity contribution in [2.75, 3.05) is 6.54 Å². The standard InChI is InChI=1S/C15H14N2O3/c18-14(12-3-1-2-4-13(12)15(19)20)17-10-7-11-5-8-16-9-6-11/h1-6,8-9H,7,10H2,(H,17,18)(H,19,20). The summed E-state index contributed by atoms with van der Waals surface area (Å²) >= 11 is 0. The number of carboxylic acid groups (broad SMARTS) is 1. The minimum Gasteiger partial charge on any atom is -0.478 e. The van der Waals surface area contributed by atoms with E-state index in [0.29, 0.717) is 13.0 Å². The van der Waals surface area contributed by atoms with E-state index in [1.165, 1.54) is 12.1 Å².